The molecular formula is C12H17NO5S. The number of aryl methyl sites for hydroxylation is 1. The minimum absolute atomic E-state index is 0.0352. The molecule has 1 rings (SSSR count). The lowest BCUT2D eigenvalue weighted by Crippen LogP contribution is -2.28. The maximum atomic E-state index is 11.7. The Kier molecular flexibility index (Phi) is 5.78. The van der Waals surface area contributed by atoms with E-state index in [1.165, 1.54) is 12.1 Å². The van der Waals surface area contributed by atoms with Gasteiger partial charge < -0.3 is 4.74 Å². The Hall–Kier alpha value is -1.60. The number of carbonyl (C=O) groups excluding carboxylic acids is 1. The van der Waals surface area contributed by atoms with Gasteiger partial charge in [0.15, 0.2) is 0 Å². The molecule has 0 aliphatic carbocycles. The Labute approximate surface area is 112 Å². The number of carbonyl (C=O) groups is 1. The van der Waals surface area contributed by atoms with Gasteiger partial charge in [0.05, 0.1) is 11.5 Å². The van der Waals surface area contributed by atoms with Crippen LogP contribution in [0.2, 0.25) is 0 Å². The number of benzene rings is 1. The third kappa shape index (κ3) is 5.27. The maximum absolute atomic E-state index is 11.7. The third-order valence-electron chi connectivity index (χ3n) is 2.28. The van der Waals surface area contributed by atoms with Gasteiger partial charge in [-0.2, -0.15) is 13.9 Å². The molecule has 0 atom stereocenters. The summed E-state index contributed by atoms with van der Waals surface area (Å²) in [6, 6.07) is 6.06. The summed E-state index contributed by atoms with van der Waals surface area (Å²) in [4.78, 5) is 11.1. The molecular weight excluding hydrogens is 270 g/mol. The van der Waals surface area contributed by atoms with Crippen LogP contribution in [0.1, 0.15) is 25.3 Å². The van der Waals surface area contributed by atoms with Crippen LogP contribution in [0.5, 0.6) is 0 Å². The summed E-state index contributed by atoms with van der Waals surface area (Å²) >= 11 is 0. The number of nitrogens with one attached hydrogen (secondary N) is 1. The number of hydrogen-bond donors (Lipinski definition) is 1. The predicted octanol–water partition coefficient (Wildman–Crippen LogP) is 2.14. The summed E-state index contributed by atoms with van der Waals surface area (Å²) in [5.41, 5.74) is 2.67. The lowest BCUT2D eigenvalue weighted by molar-refractivity contribution is 0.101. The fourth-order valence-electron chi connectivity index (χ4n) is 1.18. The molecule has 19 heavy (non-hydrogen) atoms. The quantitative estimate of drug-likeness (QED) is 0.640. The second-order valence-corrected chi connectivity index (χ2v) is 5.49. The zero-order valence-electron chi connectivity index (χ0n) is 10.9. The summed E-state index contributed by atoms with van der Waals surface area (Å²) in [5, 5.41) is 0. The van der Waals surface area contributed by atoms with Crippen molar-refractivity contribution < 1.29 is 22.2 Å². The highest BCUT2D eigenvalue weighted by molar-refractivity contribution is 7.86. The second kappa shape index (κ2) is 7.10. The van der Waals surface area contributed by atoms with Gasteiger partial charge in [0, 0.05) is 0 Å². The van der Waals surface area contributed by atoms with Crippen molar-refractivity contribution in [3.05, 3.63) is 29.8 Å². The fourth-order valence-corrected chi connectivity index (χ4v) is 1.92. The minimum Gasteiger partial charge on any atom is -0.448 e. The SMILES string of the molecule is CCCCOC(=O)NOS(=O)(=O)c1ccc(C)cc1. The highest BCUT2D eigenvalue weighted by Crippen LogP contribution is 2.12. The van der Waals surface area contributed by atoms with Gasteiger partial charge in [-0.05, 0) is 25.5 Å². The molecule has 0 spiro atoms. The molecule has 106 valence electrons. The second-order valence-electron chi connectivity index (χ2n) is 3.94. The Morgan fingerprint density at radius 3 is 2.47 bits per heavy atom. The van der Waals surface area contributed by atoms with E-state index in [1.807, 2.05) is 13.8 Å². The van der Waals surface area contributed by atoms with E-state index >= 15 is 0 Å². The van der Waals surface area contributed by atoms with E-state index in [-0.39, 0.29) is 11.5 Å². The van der Waals surface area contributed by atoms with Gasteiger partial charge in [-0.1, -0.05) is 31.0 Å². The molecule has 0 unspecified atom stereocenters. The Balaban J connectivity index is 2.51. The van der Waals surface area contributed by atoms with E-state index in [2.05, 4.69) is 4.28 Å². The molecule has 1 aromatic rings. The smallest absolute Gasteiger partial charge is 0.432 e. The zero-order valence-corrected chi connectivity index (χ0v) is 11.7. The van der Waals surface area contributed by atoms with Gasteiger partial charge in [0.25, 0.3) is 0 Å². The van der Waals surface area contributed by atoms with Crippen LogP contribution in [-0.4, -0.2) is 21.1 Å². The van der Waals surface area contributed by atoms with Crippen LogP contribution in [0.15, 0.2) is 29.2 Å². The molecule has 0 aromatic heterocycles. The fraction of sp³-hybridized carbons (Fsp3) is 0.417. The van der Waals surface area contributed by atoms with Gasteiger partial charge >= 0.3 is 16.2 Å². The Morgan fingerprint density at radius 1 is 1.26 bits per heavy atom. The van der Waals surface area contributed by atoms with E-state index in [1.54, 1.807) is 17.6 Å². The van der Waals surface area contributed by atoms with Crippen molar-refractivity contribution in [2.24, 2.45) is 0 Å². The van der Waals surface area contributed by atoms with Gasteiger partial charge in [-0.3, -0.25) is 0 Å². The molecule has 0 radical (unpaired) electrons. The minimum atomic E-state index is -4.01. The molecule has 0 saturated carbocycles. The van der Waals surface area contributed by atoms with Crippen LogP contribution >= 0.6 is 0 Å². The van der Waals surface area contributed by atoms with E-state index < -0.39 is 16.2 Å². The molecule has 0 aliphatic rings. The molecule has 1 N–H and O–H groups in total. The predicted molar refractivity (Wildman–Crippen MR) is 68.8 cm³/mol. The first kappa shape index (κ1) is 15.5. The normalized spacial score (nSPS) is 11.1. The van der Waals surface area contributed by atoms with Gasteiger partial charge in [-0.15, -0.1) is 4.28 Å². The van der Waals surface area contributed by atoms with Crippen molar-refractivity contribution >= 4 is 16.2 Å². The van der Waals surface area contributed by atoms with Crippen LogP contribution in [0.4, 0.5) is 4.79 Å². The highest BCUT2D eigenvalue weighted by Gasteiger charge is 2.17. The molecule has 0 bridgehead atoms. The summed E-state index contributed by atoms with van der Waals surface area (Å²) in [7, 11) is -4.01. The van der Waals surface area contributed by atoms with E-state index in [4.69, 9.17) is 4.74 Å². The first-order valence-electron chi connectivity index (χ1n) is 5.88. The van der Waals surface area contributed by atoms with Crippen molar-refractivity contribution in [1.82, 2.24) is 5.48 Å². The summed E-state index contributed by atoms with van der Waals surface area (Å²) < 4.78 is 32.5. The third-order valence-corrected chi connectivity index (χ3v) is 3.43. The first-order chi connectivity index (χ1) is 8.95. The molecule has 1 amide bonds. The van der Waals surface area contributed by atoms with Crippen LogP contribution in [0, 0.1) is 6.92 Å². The first-order valence-corrected chi connectivity index (χ1v) is 7.29. The Bertz CT molecular complexity index is 509. The van der Waals surface area contributed by atoms with E-state index in [0.717, 1.165) is 12.0 Å². The molecule has 0 fully saturated rings. The van der Waals surface area contributed by atoms with Crippen LogP contribution in [-0.2, 0) is 19.1 Å². The average molecular weight is 287 g/mol. The highest BCUT2D eigenvalue weighted by atomic mass is 32.2. The average Bonchev–Trinajstić information content (AvgIpc) is 2.37. The summed E-state index contributed by atoms with van der Waals surface area (Å²) in [6.45, 7) is 4.00. The van der Waals surface area contributed by atoms with Crippen molar-refractivity contribution in [3.63, 3.8) is 0 Å². The number of ether oxygens (including phenoxy) is 1. The lowest BCUT2D eigenvalue weighted by atomic mass is 10.2. The van der Waals surface area contributed by atoms with Crippen molar-refractivity contribution in [1.29, 1.82) is 0 Å². The van der Waals surface area contributed by atoms with Crippen molar-refractivity contribution in [2.75, 3.05) is 6.61 Å². The lowest BCUT2D eigenvalue weighted by Gasteiger charge is -2.07. The molecule has 0 saturated heterocycles. The van der Waals surface area contributed by atoms with Gasteiger partial charge in [0.2, 0.25) is 0 Å². The monoisotopic (exact) mass is 287 g/mol. The number of unbranched alkanes of at least 4 members (excludes halogenated alkanes) is 1. The largest absolute Gasteiger partial charge is 0.448 e. The van der Waals surface area contributed by atoms with Gasteiger partial charge in [0.1, 0.15) is 0 Å². The van der Waals surface area contributed by atoms with Crippen molar-refractivity contribution in [3.8, 4) is 0 Å². The number of hydrogen-bond acceptors (Lipinski definition) is 5. The Morgan fingerprint density at radius 2 is 1.89 bits per heavy atom. The summed E-state index contributed by atoms with van der Waals surface area (Å²) in [6.07, 6.45) is 0.651. The van der Waals surface area contributed by atoms with Crippen LogP contribution in [0.25, 0.3) is 0 Å². The van der Waals surface area contributed by atoms with Crippen molar-refractivity contribution in [2.45, 2.75) is 31.6 Å². The number of amides is 1. The zero-order chi connectivity index (χ0) is 14.3. The molecule has 0 aliphatic heterocycles. The standard InChI is InChI=1S/C12H17NO5S/c1-3-4-9-17-12(14)13-18-19(15,16)11-7-5-10(2)6-8-11/h5-8H,3-4,9H2,1-2H3,(H,13,14). The maximum Gasteiger partial charge on any atom is 0.432 e. The number of rotatable bonds is 6. The van der Waals surface area contributed by atoms with Gasteiger partial charge in [-0.25, -0.2) is 4.79 Å². The summed E-state index contributed by atoms with van der Waals surface area (Å²) in [5.74, 6) is 0. The molecule has 1 aromatic carbocycles. The topological polar surface area (TPSA) is 81.7 Å². The number of hydroxylamine groups is 1. The molecule has 7 heteroatoms. The van der Waals surface area contributed by atoms with Crippen LogP contribution in [0.3, 0.4) is 0 Å². The van der Waals surface area contributed by atoms with E-state index in [0.29, 0.717) is 6.42 Å². The molecule has 6 nitrogen and oxygen atoms in total. The van der Waals surface area contributed by atoms with E-state index in [9.17, 15) is 13.2 Å². The van der Waals surface area contributed by atoms with Crippen LogP contribution < -0.4 is 5.48 Å². The molecule has 0 heterocycles.